The molecule has 2 aromatic carbocycles. The smallest absolute Gasteiger partial charge is 0.233 e. The summed E-state index contributed by atoms with van der Waals surface area (Å²) in [4.78, 5) is 30.4. The van der Waals surface area contributed by atoms with Crippen LogP contribution in [0.25, 0.3) is 0 Å². The van der Waals surface area contributed by atoms with Crippen LogP contribution in [-0.4, -0.2) is 61.6 Å². The number of methoxy groups -OCH3 is 1. The molecule has 0 radical (unpaired) electrons. The SMILES string of the molecule is COc1ccccc1C1CN(C(=O)C2(c3cccc(C)c3)CCOCC2)CCN1C(C)=O. The Morgan fingerprint density at radius 3 is 2.50 bits per heavy atom. The van der Waals surface area contributed by atoms with Gasteiger partial charge in [-0.15, -0.1) is 0 Å². The van der Waals surface area contributed by atoms with Crippen LogP contribution in [0.4, 0.5) is 0 Å². The number of carbonyl (C=O) groups excluding carboxylic acids is 2. The zero-order valence-electron chi connectivity index (χ0n) is 19.2. The fourth-order valence-corrected chi connectivity index (χ4v) is 5.14. The van der Waals surface area contributed by atoms with Crippen LogP contribution in [0.3, 0.4) is 0 Å². The summed E-state index contributed by atoms with van der Waals surface area (Å²) in [5, 5.41) is 0. The van der Waals surface area contributed by atoms with Gasteiger partial charge < -0.3 is 19.3 Å². The molecule has 6 nitrogen and oxygen atoms in total. The van der Waals surface area contributed by atoms with Crippen molar-refractivity contribution >= 4 is 11.8 Å². The molecule has 2 saturated heterocycles. The Morgan fingerprint density at radius 1 is 1.06 bits per heavy atom. The number of hydrogen-bond acceptors (Lipinski definition) is 4. The lowest BCUT2D eigenvalue weighted by molar-refractivity contribution is -0.148. The van der Waals surface area contributed by atoms with Gasteiger partial charge in [-0.2, -0.15) is 0 Å². The molecule has 2 aliphatic heterocycles. The van der Waals surface area contributed by atoms with Gasteiger partial charge >= 0.3 is 0 Å². The molecule has 0 saturated carbocycles. The minimum atomic E-state index is -0.589. The predicted octanol–water partition coefficient (Wildman–Crippen LogP) is 3.48. The van der Waals surface area contributed by atoms with E-state index in [0.29, 0.717) is 45.7 Å². The van der Waals surface area contributed by atoms with Crippen LogP contribution < -0.4 is 4.74 Å². The second-order valence-electron chi connectivity index (χ2n) is 8.79. The number of nitrogens with zero attached hydrogens (tertiary/aromatic N) is 2. The molecule has 4 rings (SSSR count). The van der Waals surface area contributed by atoms with Crippen molar-refractivity contribution in [2.45, 2.75) is 38.1 Å². The van der Waals surface area contributed by atoms with E-state index >= 15 is 0 Å². The first-order chi connectivity index (χ1) is 15.5. The molecule has 0 bridgehead atoms. The molecule has 2 aliphatic rings. The van der Waals surface area contributed by atoms with E-state index in [0.717, 1.165) is 22.4 Å². The minimum absolute atomic E-state index is 0.00692. The van der Waals surface area contributed by atoms with Gasteiger partial charge in [-0.3, -0.25) is 9.59 Å². The molecule has 6 heteroatoms. The summed E-state index contributed by atoms with van der Waals surface area (Å²) in [6, 6.07) is 15.8. The second-order valence-corrected chi connectivity index (χ2v) is 8.79. The van der Waals surface area contributed by atoms with Crippen molar-refractivity contribution in [3.63, 3.8) is 0 Å². The van der Waals surface area contributed by atoms with Gasteiger partial charge in [-0.05, 0) is 31.4 Å². The Kier molecular flexibility index (Phi) is 6.51. The van der Waals surface area contributed by atoms with Crippen molar-refractivity contribution in [3.05, 3.63) is 65.2 Å². The maximum atomic E-state index is 14.1. The molecule has 0 aromatic heterocycles. The number of hydrogen-bond donors (Lipinski definition) is 0. The van der Waals surface area contributed by atoms with Crippen LogP contribution in [0.5, 0.6) is 5.75 Å². The third kappa shape index (κ3) is 4.11. The summed E-state index contributed by atoms with van der Waals surface area (Å²) in [7, 11) is 1.64. The maximum absolute atomic E-state index is 14.1. The highest BCUT2D eigenvalue weighted by Gasteiger charge is 2.46. The average molecular weight is 437 g/mol. The van der Waals surface area contributed by atoms with Gasteiger partial charge in [0.05, 0.1) is 18.6 Å². The van der Waals surface area contributed by atoms with E-state index in [9.17, 15) is 9.59 Å². The number of rotatable bonds is 4. The highest BCUT2D eigenvalue weighted by atomic mass is 16.5. The van der Waals surface area contributed by atoms with E-state index in [1.54, 1.807) is 14.0 Å². The van der Waals surface area contributed by atoms with Crippen molar-refractivity contribution in [1.29, 1.82) is 0 Å². The Balaban J connectivity index is 1.69. The van der Waals surface area contributed by atoms with Gasteiger partial charge in [0.2, 0.25) is 11.8 Å². The number of para-hydroxylation sites is 1. The van der Waals surface area contributed by atoms with Crippen LogP contribution in [0.15, 0.2) is 48.5 Å². The fraction of sp³-hybridized carbons (Fsp3) is 0.462. The van der Waals surface area contributed by atoms with Gasteiger partial charge in [0, 0.05) is 45.3 Å². The van der Waals surface area contributed by atoms with Crippen molar-refractivity contribution < 1.29 is 19.1 Å². The Labute approximate surface area is 190 Å². The molecule has 0 N–H and O–H groups in total. The lowest BCUT2D eigenvalue weighted by Crippen LogP contribution is -2.57. The summed E-state index contributed by atoms with van der Waals surface area (Å²) in [6.07, 6.45) is 1.34. The van der Waals surface area contributed by atoms with Gasteiger partial charge in [0.1, 0.15) is 5.75 Å². The lowest BCUT2D eigenvalue weighted by Gasteiger charge is -2.46. The predicted molar refractivity (Wildman–Crippen MR) is 123 cm³/mol. The first-order valence-corrected chi connectivity index (χ1v) is 11.3. The third-order valence-corrected chi connectivity index (χ3v) is 6.90. The van der Waals surface area contributed by atoms with E-state index in [1.807, 2.05) is 40.1 Å². The van der Waals surface area contributed by atoms with Crippen LogP contribution in [0, 0.1) is 6.92 Å². The Bertz CT molecular complexity index is 983. The van der Waals surface area contributed by atoms with Crippen LogP contribution in [0.2, 0.25) is 0 Å². The van der Waals surface area contributed by atoms with Crippen LogP contribution >= 0.6 is 0 Å². The lowest BCUT2D eigenvalue weighted by atomic mass is 9.72. The molecule has 1 unspecified atom stereocenters. The minimum Gasteiger partial charge on any atom is -0.496 e. The van der Waals surface area contributed by atoms with Gasteiger partial charge in [0.15, 0.2) is 0 Å². The quantitative estimate of drug-likeness (QED) is 0.736. The largest absolute Gasteiger partial charge is 0.496 e. The molecule has 0 spiro atoms. The highest BCUT2D eigenvalue weighted by molar-refractivity contribution is 5.89. The number of aryl methyl sites for hydroxylation is 1. The molecule has 1 atom stereocenters. The molecule has 2 aromatic rings. The van der Waals surface area contributed by atoms with Gasteiger partial charge in [0.25, 0.3) is 0 Å². The summed E-state index contributed by atoms with van der Waals surface area (Å²) in [6.45, 7) is 6.28. The zero-order chi connectivity index (χ0) is 22.7. The van der Waals surface area contributed by atoms with Gasteiger partial charge in [-0.25, -0.2) is 0 Å². The van der Waals surface area contributed by atoms with E-state index in [-0.39, 0.29) is 17.9 Å². The fourth-order valence-electron chi connectivity index (χ4n) is 5.14. The van der Waals surface area contributed by atoms with E-state index in [4.69, 9.17) is 9.47 Å². The summed E-state index contributed by atoms with van der Waals surface area (Å²) in [5.41, 5.74) is 2.55. The first kappa shape index (κ1) is 22.3. The molecule has 170 valence electrons. The Morgan fingerprint density at radius 2 is 1.81 bits per heavy atom. The van der Waals surface area contributed by atoms with Crippen molar-refractivity contribution in [2.24, 2.45) is 0 Å². The molecular formula is C26H32N2O4. The maximum Gasteiger partial charge on any atom is 0.233 e. The monoisotopic (exact) mass is 436 g/mol. The molecule has 2 fully saturated rings. The van der Waals surface area contributed by atoms with E-state index in [1.165, 1.54) is 0 Å². The van der Waals surface area contributed by atoms with Crippen LogP contribution in [-0.2, 0) is 19.7 Å². The topological polar surface area (TPSA) is 59.1 Å². The van der Waals surface area contributed by atoms with Gasteiger partial charge in [-0.1, -0.05) is 48.0 Å². The normalized spacial score (nSPS) is 20.7. The van der Waals surface area contributed by atoms with E-state index < -0.39 is 5.41 Å². The third-order valence-electron chi connectivity index (χ3n) is 6.90. The number of ether oxygens (including phenoxy) is 2. The molecule has 0 aliphatic carbocycles. The number of amides is 2. The zero-order valence-corrected chi connectivity index (χ0v) is 19.2. The molecule has 2 heterocycles. The van der Waals surface area contributed by atoms with Crippen molar-refractivity contribution in [1.82, 2.24) is 9.80 Å². The highest BCUT2D eigenvalue weighted by Crippen LogP contribution is 2.39. The standard InChI is InChI=1S/C26H32N2O4/c1-19-7-6-8-21(17-19)26(11-15-32-16-12-26)25(30)27-13-14-28(20(2)29)23(18-27)22-9-4-5-10-24(22)31-3/h4-10,17,23H,11-16,18H2,1-3H3. The summed E-state index contributed by atoms with van der Waals surface area (Å²) < 4.78 is 11.2. The first-order valence-electron chi connectivity index (χ1n) is 11.3. The van der Waals surface area contributed by atoms with E-state index in [2.05, 4.69) is 25.1 Å². The molecule has 32 heavy (non-hydrogen) atoms. The Hall–Kier alpha value is -2.86. The molecular weight excluding hydrogens is 404 g/mol. The van der Waals surface area contributed by atoms with Crippen molar-refractivity contribution in [3.8, 4) is 5.75 Å². The molecule has 2 amide bonds. The number of benzene rings is 2. The van der Waals surface area contributed by atoms with Crippen molar-refractivity contribution in [2.75, 3.05) is 40.0 Å². The van der Waals surface area contributed by atoms with Crippen LogP contribution in [0.1, 0.15) is 42.5 Å². The second kappa shape index (κ2) is 9.33. The number of carbonyl (C=O) groups is 2. The summed E-state index contributed by atoms with van der Waals surface area (Å²) in [5.74, 6) is 0.875. The average Bonchev–Trinajstić information content (AvgIpc) is 2.83. The number of piperazine rings is 1. The summed E-state index contributed by atoms with van der Waals surface area (Å²) >= 11 is 0.